The highest BCUT2D eigenvalue weighted by atomic mass is 35.5. The van der Waals surface area contributed by atoms with Gasteiger partial charge in [-0.05, 0) is 32.0 Å². The first-order chi connectivity index (χ1) is 11.5. The van der Waals surface area contributed by atoms with Crippen LogP contribution in [0.4, 0.5) is 0 Å². The van der Waals surface area contributed by atoms with Gasteiger partial charge < -0.3 is 4.57 Å². The molecule has 0 atom stereocenters. The van der Waals surface area contributed by atoms with Crippen molar-refractivity contribution in [3.63, 3.8) is 0 Å². The Morgan fingerprint density at radius 2 is 2.08 bits per heavy atom. The van der Waals surface area contributed by atoms with Crippen molar-refractivity contribution in [2.75, 3.05) is 0 Å². The van der Waals surface area contributed by atoms with Crippen molar-refractivity contribution in [3.8, 4) is 5.69 Å². The van der Waals surface area contributed by atoms with Crippen molar-refractivity contribution in [2.45, 2.75) is 26.4 Å². The topological polar surface area (TPSA) is 61.8 Å². The van der Waals surface area contributed by atoms with E-state index in [1.165, 1.54) is 10.6 Å². The third-order valence-corrected chi connectivity index (χ3v) is 4.03. The summed E-state index contributed by atoms with van der Waals surface area (Å²) in [6.07, 6.45) is 3.10. The molecule has 0 aliphatic heterocycles. The van der Waals surface area contributed by atoms with E-state index in [2.05, 4.69) is 11.6 Å². The van der Waals surface area contributed by atoms with Crippen LogP contribution in [0.2, 0.25) is 5.02 Å². The Morgan fingerprint density at radius 1 is 1.33 bits per heavy atom. The normalized spacial score (nSPS) is 11.3. The number of hydrogen-bond acceptors (Lipinski definition) is 3. The van der Waals surface area contributed by atoms with Crippen LogP contribution in [-0.4, -0.2) is 18.7 Å². The van der Waals surface area contributed by atoms with E-state index in [1.807, 2.05) is 13.8 Å². The van der Waals surface area contributed by atoms with Crippen molar-refractivity contribution < 1.29 is 0 Å². The van der Waals surface area contributed by atoms with Crippen molar-refractivity contribution in [2.24, 2.45) is 0 Å². The fourth-order valence-corrected chi connectivity index (χ4v) is 2.86. The zero-order valence-electron chi connectivity index (χ0n) is 13.4. The number of nitrogens with zero attached hydrogens (tertiary/aromatic N) is 4. The Balaban J connectivity index is 2.51. The summed E-state index contributed by atoms with van der Waals surface area (Å²) < 4.78 is 4.32. The molecule has 0 saturated carbocycles. The molecule has 6 nitrogen and oxygen atoms in total. The van der Waals surface area contributed by atoms with Crippen molar-refractivity contribution >= 4 is 22.8 Å². The Bertz CT molecular complexity index is 1040. The first-order valence-corrected chi connectivity index (χ1v) is 7.92. The molecule has 0 N–H and O–H groups in total. The van der Waals surface area contributed by atoms with Crippen molar-refractivity contribution in [1.29, 1.82) is 0 Å². The zero-order valence-corrected chi connectivity index (χ0v) is 14.2. The highest BCUT2D eigenvalue weighted by molar-refractivity contribution is 6.30. The Kier molecular flexibility index (Phi) is 4.15. The number of rotatable bonds is 4. The van der Waals surface area contributed by atoms with Gasteiger partial charge in [0.05, 0.1) is 12.0 Å². The lowest BCUT2D eigenvalue weighted by Gasteiger charge is -2.13. The molecule has 0 aliphatic carbocycles. The van der Waals surface area contributed by atoms with Gasteiger partial charge in [-0.2, -0.15) is 0 Å². The Labute approximate surface area is 143 Å². The van der Waals surface area contributed by atoms with E-state index in [1.54, 1.807) is 35.2 Å². The molecule has 0 radical (unpaired) electrons. The third-order valence-electron chi connectivity index (χ3n) is 3.79. The predicted octanol–water partition coefficient (Wildman–Crippen LogP) is 2.77. The van der Waals surface area contributed by atoms with Gasteiger partial charge in [-0.3, -0.25) is 9.36 Å². The van der Waals surface area contributed by atoms with Gasteiger partial charge in [-0.15, -0.1) is 6.58 Å². The maximum Gasteiger partial charge on any atom is 0.337 e. The van der Waals surface area contributed by atoms with Crippen LogP contribution in [0.5, 0.6) is 0 Å². The number of imidazole rings is 1. The summed E-state index contributed by atoms with van der Waals surface area (Å²) in [5.41, 5.74) is 0.417. The smallest absolute Gasteiger partial charge is 0.322 e. The van der Waals surface area contributed by atoms with Gasteiger partial charge >= 0.3 is 5.69 Å². The van der Waals surface area contributed by atoms with Gasteiger partial charge in [0.25, 0.3) is 5.56 Å². The van der Waals surface area contributed by atoms with E-state index in [0.717, 1.165) is 4.57 Å². The summed E-state index contributed by atoms with van der Waals surface area (Å²) in [5, 5.41) is 0.498. The highest BCUT2D eigenvalue weighted by Gasteiger charge is 2.19. The van der Waals surface area contributed by atoms with Gasteiger partial charge in [0.15, 0.2) is 11.2 Å². The van der Waals surface area contributed by atoms with Crippen LogP contribution < -0.4 is 11.2 Å². The molecule has 0 bridgehead atoms. The lowest BCUT2D eigenvalue weighted by Crippen LogP contribution is -2.39. The summed E-state index contributed by atoms with van der Waals surface area (Å²) in [6, 6.07) is 6.92. The standard InChI is InChI=1S/C17H17ClN4O2/c1-4-8-20-16(23)14-15(19-10-21(14)11(2)3)22(17(20)24)13-7-5-6-12(18)9-13/h4-7,9-11H,1,8H2,2-3H3. The van der Waals surface area contributed by atoms with E-state index >= 15 is 0 Å². The van der Waals surface area contributed by atoms with Gasteiger partial charge in [-0.25, -0.2) is 14.3 Å². The first-order valence-electron chi connectivity index (χ1n) is 7.55. The van der Waals surface area contributed by atoms with Crippen LogP contribution in [0.3, 0.4) is 0 Å². The quantitative estimate of drug-likeness (QED) is 0.684. The molecule has 0 unspecified atom stereocenters. The maximum atomic E-state index is 12.9. The van der Waals surface area contributed by atoms with Crippen LogP contribution in [-0.2, 0) is 6.54 Å². The molecule has 3 rings (SSSR count). The fourth-order valence-electron chi connectivity index (χ4n) is 2.68. The zero-order chi connectivity index (χ0) is 17.4. The van der Waals surface area contributed by atoms with E-state index in [9.17, 15) is 9.59 Å². The molecule has 0 amide bonds. The van der Waals surface area contributed by atoms with Crippen molar-refractivity contribution in [3.05, 3.63) is 69.1 Å². The number of benzene rings is 1. The largest absolute Gasteiger partial charge is 0.337 e. The molecule has 7 heteroatoms. The van der Waals surface area contributed by atoms with Gasteiger partial charge in [0, 0.05) is 17.6 Å². The monoisotopic (exact) mass is 344 g/mol. The summed E-state index contributed by atoms with van der Waals surface area (Å²) in [7, 11) is 0. The molecule has 124 valence electrons. The maximum absolute atomic E-state index is 12.9. The first kappa shape index (κ1) is 16.3. The summed E-state index contributed by atoms with van der Waals surface area (Å²) in [6.45, 7) is 7.65. The van der Waals surface area contributed by atoms with Crippen LogP contribution in [0.15, 0.2) is 52.8 Å². The predicted molar refractivity (Wildman–Crippen MR) is 95.2 cm³/mol. The number of hydrogen-bond donors (Lipinski definition) is 0. The fraction of sp³-hybridized carbons (Fsp3) is 0.235. The molecule has 0 saturated heterocycles. The summed E-state index contributed by atoms with van der Waals surface area (Å²) in [4.78, 5) is 30.0. The minimum atomic E-state index is -0.469. The average molecular weight is 345 g/mol. The van der Waals surface area contributed by atoms with Gasteiger partial charge in [0.1, 0.15) is 0 Å². The molecule has 0 aliphatic rings. The van der Waals surface area contributed by atoms with E-state index < -0.39 is 5.69 Å². The minimum absolute atomic E-state index is 0.0326. The second-order valence-corrected chi connectivity index (χ2v) is 6.16. The van der Waals surface area contributed by atoms with E-state index in [-0.39, 0.29) is 18.1 Å². The third kappa shape index (κ3) is 2.49. The average Bonchev–Trinajstić information content (AvgIpc) is 2.96. The number of allylic oxidation sites excluding steroid dienone is 1. The number of halogens is 1. The molecular weight excluding hydrogens is 328 g/mol. The Morgan fingerprint density at radius 3 is 2.71 bits per heavy atom. The lowest BCUT2D eigenvalue weighted by atomic mass is 10.3. The van der Waals surface area contributed by atoms with E-state index in [4.69, 9.17) is 11.6 Å². The molecule has 2 heterocycles. The van der Waals surface area contributed by atoms with Crippen LogP contribution in [0.1, 0.15) is 19.9 Å². The van der Waals surface area contributed by atoms with Crippen molar-refractivity contribution in [1.82, 2.24) is 18.7 Å². The molecule has 24 heavy (non-hydrogen) atoms. The van der Waals surface area contributed by atoms with Crippen LogP contribution in [0.25, 0.3) is 16.9 Å². The molecular formula is C17H17ClN4O2. The second-order valence-electron chi connectivity index (χ2n) is 5.72. The highest BCUT2D eigenvalue weighted by Crippen LogP contribution is 2.18. The summed E-state index contributed by atoms with van der Waals surface area (Å²) in [5.74, 6) is 0. The van der Waals surface area contributed by atoms with Crippen LogP contribution >= 0.6 is 11.6 Å². The lowest BCUT2D eigenvalue weighted by molar-refractivity contribution is 0.609. The molecule has 2 aromatic heterocycles. The number of fused-ring (bicyclic) bond motifs is 1. The van der Waals surface area contributed by atoms with Gasteiger partial charge in [0.2, 0.25) is 0 Å². The van der Waals surface area contributed by atoms with Gasteiger partial charge in [-0.1, -0.05) is 23.7 Å². The molecule has 1 aromatic carbocycles. The second kappa shape index (κ2) is 6.13. The summed E-state index contributed by atoms with van der Waals surface area (Å²) >= 11 is 6.06. The minimum Gasteiger partial charge on any atom is -0.322 e. The molecule has 0 spiro atoms. The molecule has 3 aromatic rings. The molecule has 0 fully saturated rings. The van der Waals surface area contributed by atoms with Crippen LogP contribution in [0, 0.1) is 0 Å². The Hall–Kier alpha value is -2.60. The van der Waals surface area contributed by atoms with E-state index in [0.29, 0.717) is 21.9 Å². The SMILES string of the molecule is C=CCn1c(=O)c2c(ncn2C(C)C)n(-c2cccc(Cl)c2)c1=O. The number of aromatic nitrogens is 4.